The lowest BCUT2D eigenvalue weighted by Gasteiger charge is -2.54. The van der Waals surface area contributed by atoms with Crippen molar-refractivity contribution in [1.29, 1.82) is 0 Å². The molecule has 0 aromatic carbocycles. The highest BCUT2D eigenvalue weighted by molar-refractivity contribution is 5.80. The van der Waals surface area contributed by atoms with E-state index in [-0.39, 0.29) is 12.5 Å². The van der Waals surface area contributed by atoms with Gasteiger partial charge in [0.2, 0.25) is 5.91 Å². The van der Waals surface area contributed by atoms with E-state index >= 15 is 0 Å². The van der Waals surface area contributed by atoms with E-state index in [1.54, 1.807) is 0 Å². The Morgan fingerprint density at radius 3 is 2.22 bits per heavy atom. The molecule has 0 radical (unpaired) electrons. The third-order valence-electron chi connectivity index (χ3n) is 5.46. The molecule has 4 aliphatic carbocycles. The second kappa shape index (κ2) is 4.82. The number of nitrogens with one attached hydrogen (secondary N) is 1. The average molecular weight is 252 g/mol. The van der Waals surface area contributed by atoms with Gasteiger partial charge in [-0.2, -0.15) is 0 Å². The molecule has 4 nitrogen and oxygen atoms in total. The Labute approximate surface area is 108 Å². The van der Waals surface area contributed by atoms with E-state index in [1.807, 2.05) is 0 Å². The molecule has 18 heavy (non-hydrogen) atoms. The first-order valence-electron chi connectivity index (χ1n) is 7.33. The summed E-state index contributed by atoms with van der Waals surface area (Å²) < 4.78 is 0. The zero-order valence-electron chi connectivity index (χ0n) is 10.8. The number of amides is 1. The number of hydrogen-bond acceptors (Lipinski definition) is 3. The lowest BCUT2D eigenvalue weighted by Crippen LogP contribution is -2.50. The second-order valence-electron chi connectivity index (χ2n) is 6.59. The maximum Gasteiger partial charge on any atom is 0.250 e. The highest BCUT2D eigenvalue weighted by Gasteiger charge is 2.47. The summed E-state index contributed by atoms with van der Waals surface area (Å²) in [4.78, 5) is 11.6. The first kappa shape index (κ1) is 12.4. The molecule has 4 N–H and O–H groups in total. The van der Waals surface area contributed by atoms with E-state index in [4.69, 9.17) is 5.73 Å². The smallest absolute Gasteiger partial charge is 0.250 e. The van der Waals surface area contributed by atoms with Crippen LogP contribution in [0.4, 0.5) is 0 Å². The molecule has 0 saturated heterocycles. The van der Waals surface area contributed by atoms with Gasteiger partial charge in [-0.1, -0.05) is 0 Å². The summed E-state index contributed by atoms with van der Waals surface area (Å²) in [5.41, 5.74) is 5.29. The van der Waals surface area contributed by atoms with Gasteiger partial charge in [-0.05, 0) is 61.7 Å². The summed E-state index contributed by atoms with van der Waals surface area (Å²) in [5, 5.41) is 12.3. The second-order valence-corrected chi connectivity index (χ2v) is 6.59. The van der Waals surface area contributed by atoms with Gasteiger partial charge in [0.15, 0.2) is 0 Å². The van der Waals surface area contributed by atoms with E-state index in [0.717, 1.165) is 30.2 Å². The number of rotatable bonds is 4. The highest BCUT2D eigenvalue weighted by atomic mass is 16.3. The van der Waals surface area contributed by atoms with Crippen LogP contribution in [0.2, 0.25) is 0 Å². The first-order valence-corrected chi connectivity index (χ1v) is 7.33. The van der Waals surface area contributed by atoms with Crippen LogP contribution in [0.3, 0.4) is 0 Å². The lowest BCUT2D eigenvalue weighted by atomic mass is 9.52. The van der Waals surface area contributed by atoms with Crippen molar-refractivity contribution in [3.8, 4) is 0 Å². The van der Waals surface area contributed by atoms with Gasteiger partial charge < -0.3 is 16.2 Å². The third kappa shape index (κ3) is 2.16. The summed E-state index contributed by atoms with van der Waals surface area (Å²) in [7, 11) is 0. The Bertz CT molecular complexity index is 304. The van der Waals surface area contributed by atoms with Crippen molar-refractivity contribution in [2.75, 3.05) is 13.1 Å². The lowest BCUT2D eigenvalue weighted by molar-refractivity contribution is -0.129. The van der Waals surface area contributed by atoms with Gasteiger partial charge in [0.25, 0.3) is 0 Å². The third-order valence-corrected chi connectivity index (χ3v) is 5.46. The summed E-state index contributed by atoms with van der Waals surface area (Å²) in [6.07, 6.45) is 5.89. The van der Waals surface area contributed by atoms with Crippen molar-refractivity contribution in [1.82, 2.24) is 5.32 Å². The van der Waals surface area contributed by atoms with Crippen LogP contribution >= 0.6 is 0 Å². The van der Waals surface area contributed by atoms with Gasteiger partial charge in [0.05, 0.1) is 0 Å². The highest BCUT2D eigenvalue weighted by Crippen LogP contribution is 2.56. The van der Waals surface area contributed by atoms with Crippen LogP contribution in [0.15, 0.2) is 0 Å². The number of aliphatic hydroxyl groups is 1. The average Bonchev–Trinajstić information content (AvgIpc) is 2.35. The normalized spacial score (nSPS) is 42.9. The Morgan fingerprint density at radius 1 is 1.17 bits per heavy atom. The molecule has 0 heterocycles. The van der Waals surface area contributed by atoms with Gasteiger partial charge in [-0.3, -0.25) is 4.79 Å². The van der Waals surface area contributed by atoms with E-state index in [9.17, 15) is 9.90 Å². The molecule has 4 bridgehead atoms. The molecule has 4 aliphatic rings. The standard InChI is InChI=1S/C14H24N2O2/c15-6-13(17)14(18)16-7-12-10-2-8-1-9(4-10)5-11(12)3-8/h8-13,17H,1-7,15H2,(H,16,18). The van der Waals surface area contributed by atoms with Crippen molar-refractivity contribution >= 4 is 5.91 Å². The van der Waals surface area contributed by atoms with Crippen molar-refractivity contribution in [2.24, 2.45) is 35.3 Å². The molecule has 0 aromatic rings. The molecule has 0 spiro atoms. The van der Waals surface area contributed by atoms with Crippen LogP contribution in [-0.4, -0.2) is 30.2 Å². The van der Waals surface area contributed by atoms with Crippen LogP contribution in [0, 0.1) is 29.6 Å². The van der Waals surface area contributed by atoms with Crippen molar-refractivity contribution in [3.63, 3.8) is 0 Å². The quantitative estimate of drug-likeness (QED) is 0.682. The molecular weight excluding hydrogens is 228 g/mol. The number of carbonyl (C=O) groups is 1. The maximum absolute atomic E-state index is 11.6. The minimum absolute atomic E-state index is 0.00745. The summed E-state index contributed by atoms with van der Waals surface area (Å²) in [5.74, 6) is 3.91. The Morgan fingerprint density at radius 2 is 1.72 bits per heavy atom. The molecule has 1 atom stereocenters. The zero-order chi connectivity index (χ0) is 12.7. The molecule has 4 saturated carbocycles. The Balaban J connectivity index is 1.56. The number of carbonyl (C=O) groups excluding carboxylic acids is 1. The maximum atomic E-state index is 11.6. The van der Waals surface area contributed by atoms with Crippen LogP contribution in [-0.2, 0) is 4.79 Å². The fourth-order valence-corrected chi connectivity index (χ4v) is 4.81. The molecule has 0 aromatic heterocycles. The SMILES string of the molecule is NCC(O)C(=O)NCC1C2CC3CC(C2)CC1C3. The van der Waals surface area contributed by atoms with Gasteiger partial charge in [-0.25, -0.2) is 0 Å². The minimum Gasteiger partial charge on any atom is -0.382 e. The van der Waals surface area contributed by atoms with Crippen LogP contribution in [0.1, 0.15) is 32.1 Å². The monoisotopic (exact) mass is 252 g/mol. The van der Waals surface area contributed by atoms with Crippen LogP contribution in [0.5, 0.6) is 0 Å². The molecular formula is C14H24N2O2. The van der Waals surface area contributed by atoms with E-state index in [0.29, 0.717) is 5.92 Å². The predicted molar refractivity (Wildman–Crippen MR) is 68.6 cm³/mol. The topological polar surface area (TPSA) is 75.3 Å². The molecule has 102 valence electrons. The molecule has 0 aliphatic heterocycles. The van der Waals surface area contributed by atoms with Gasteiger partial charge in [0, 0.05) is 13.1 Å². The number of nitrogens with two attached hydrogens (primary N) is 1. The minimum atomic E-state index is -1.04. The Kier molecular flexibility index (Phi) is 3.32. The zero-order valence-corrected chi connectivity index (χ0v) is 10.8. The van der Waals surface area contributed by atoms with E-state index < -0.39 is 6.10 Å². The predicted octanol–water partition coefficient (Wildman–Crippen LogP) is 0.494. The van der Waals surface area contributed by atoms with Crippen LogP contribution in [0.25, 0.3) is 0 Å². The molecule has 1 unspecified atom stereocenters. The summed E-state index contributed by atoms with van der Waals surface area (Å²) in [6, 6.07) is 0. The molecule has 4 heteroatoms. The summed E-state index contributed by atoms with van der Waals surface area (Å²) in [6.45, 7) is 0.748. The number of hydrogen-bond donors (Lipinski definition) is 3. The Hall–Kier alpha value is -0.610. The van der Waals surface area contributed by atoms with Crippen molar-refractivity contribution < 1.29 is 9.90 Å². The fourth-order valence-electron chi connectivity index (χ4n) is 4.81. The van der Waals surface area contributed by atoms with Crippen molar-refractivity contribution in [3.05, 3.63) is 0 Å². The fraction of sp³-hybridized carbons (Fsp3) is 0.929. The molecule has 4 fully saturated rings. The van der Waals surface area contributed by atoms with Gasteiger partial charge in [-0.15, -0.1) is 0 Å². The number of aliphatic hydroxyl groups excluding tert-OH is 1. The van der Waals surface area contributed by atoms with E-state index in [2.05, 4.69) is 5.32 Å². The summed E-state index contributed by atoms with van der Waals surface area (Å²) >= 11 is 0. The van der Waals surface area contributed by atoms with Gasteiger partial charge >= 0.3 is 0 Å². The molecule has 1 amide bonds. The van der Waals surface area contributed by atoms with Gasteiger partial charge in [0.1, 0.15) is 6.10 Å². The van der Waals surface area contributed by atoms with Crippen molar-refractivity contribution in [2.45, 2.75) is 38.2 Å². The van der Waals surface area contributed by atoms with Crippen LogP contribution < -0.4 is 11.1 Å². The largest absolute Gasteiger partial charge is 0.382 e. The first-order chi connectivity index (χ1) is 8.67. The molecule has 4 rings (SSSR count). The van der Waals surface area contributed by atoms with E-state index in [1.165, 1.54) is 32.1 Å².